The Morgan fingerprint density at radius 3 is 2.47 bits per heavy atom. The molecule has 1 aliphatic heterocycles. The van der Waals surface area contributed by atoms with Crippen LogP contribution in [-0.4, -0.2) is 45.9 Å². The van der Waals surface area contributed by atoms with E-state index in [0.29, 0.717) is 6.54 Å². The van der Waals surface area contributed by atoms with Crippen LogP contribution in [0.15, 0.2) is 0 Å². The molecule has 17 heavy (non-hydrogen) atoms. The van der Waals surface area contributed by atoms with Gasteiger partial charge in [-0.05, 0) is 24.8 Å². The molecule has 1 atom stereocenters. The summed E-state index contributed by atoms with van der Waals surface area (Å²) in [7, 11) is -0.245. The molecule has 7 heteroatoms. The lowest BCUT2D eigenvalue weighted by atomic mass is 9.78. The van der Waals surface area contributed by atoms with Crippen LogP contribution in [0.25, 0.3) is 0 Å². The fraction of sp³-hybridized carbons (Fsp3) is 1.00. The van der Waals surface area contributed by atoms with Crippen LogP contribution in [0.4, 0.5) is 0 Å². The normalized spacial score (nSPS) is 24.4. The van der Waals surface area contributed by atoms with Crippen LogP contribution in [-0.2, 0) is 10.2 Å². The van der Waals surface area contributed by atoms with Gasteiger partial charge < -0.3 is 5.32 Å². The van der Waals surface area contributed by atoms with Crippen molar-refractivity contribution in [3.63, 3.8) is 0 Å². The van der Waals surface area contributed by atoms with E-state index in [1.54, 1.807) is 0 Å². The minimum atomic E-state index is -3.30. The van der Waals surface area contributed by atoms with Crippen LogP contribution in [0.5, 0.6) is 0 Å². The van der Waals surface area contributed by atoms with Crippen molar-refractivity contribution in [2.75, 3.05) is 27.2 Å². The highest BCUT2D eigenvalue weighted by Gasteiger charge is 2.32. The molecule has 2 N–H and O–H groups in total. The van der Waals surface area contributed by atoms with E-state index in [2.05, 4.69) is 23.9 Å². The third kappa shape index (κ3) is 4.71. The predicted octanol–water partition coefficient (Wildman–Crippen LogP) is 0.582. The Labute approximate surface area is 111 Å². The fourth-order valence-electron chi connectivity index (χ4n) is 1.94. The van der Waals surface area contributed by atoms with Crippen molar-refractivity contribution in [2.24, 2.45) is 5.41 Å². The molecule has 1 unspecified atom stereocenters. The Balaban J connectivity index is 0.00000256. The molecule has 0 aliphatic carbocycles. The van der Waals surface area contributed by atoms with Gasteiger partial charge in [0, 0.05) is 26.7 Å². The number of rotatable bonds is 4. The molecule has 1 aliphatic rings. The molecule has 104 valence electrons. The van der Waals surface area contributed by atoms with Crippen molar-refractivity contribution in [1.29, 1.82) is 0 Å². The monoisotopic (exact) mass is 285 g/mol. The van der Waals surface area contributed by atoms with E-state index in [0.717, 1.165) is 19.4 Å². The Bertz CT molecular complexity index is 330. The third-order valence-corrected chi connectivity index (χ3v) is 4.78. The number of hydrogen-bond donors (Lipinski definition) is 2. The lowest BCUT2D eigenvalue weighted by molar-refractivity contribution is 0.181. The van der Waals surface area contributed by atoms with Gasteiger partial charge in [-0.1, -0.05) is 13.8 Å². The minimum absolute atomic E-state index is 0. The highest BCUT2D eigenvalue weighted by molar-refractivity contribution is 7.87. The predicted molar refractivity (Wildman–Crippen MR) is 72.7 cm³/mol. The van der Waals surface area contributed by atoms with Crippen molar-refractivity contribution < 1.29 is 8.42 Å². The lowest BCUT2D eigenvalue weighted by Gasteiger charge is -2.39. The summed E-state index contributed by atoms with van der Waals surface area (Å²) in [5, 5.41) is 3.38. The van der Waals surface area contributed by atoms with E-state index in [4.69, 9.17) is 0 Å². The summed E-state index contributed by atoms with van der Waals surface area (Å²) < 4.78 is 27.0. The maximum Gasteiger partial charge on any atom is 0.278 e. The van der Waals surface area contributed by atoms with E-state index in [1.807, 2.05) is 0 Å². The Morgan fingerprint density at radius 1 is 1.41 bits per heavy atom. The van der Waals surface area contributed by atoms with Crippen LogP contribution in [0, 0.1) is 5.41 Å². The van der Waals surface area contributed by atoms with E-state index >= 15 is 0 Å². The summed E-state index contributed by atoms with van der Waals surface area (Å²) in [6.07, 6.45) is 2.29. The summed E-state index contributed by atoms with van der Waals surface area (Å²) in [6.45, 7) is 5.77. The summed E-state index contributed by atoms with van der Waals surface area (Å²) >= 11 is 0. The van der Waals surface area contributed by atoms with Crippen LogP contribution in [0.2, 0.25) is 0 Å². The van der Waals surface area contributed by atoms with Crippen LogP contribution in [0.3, 0.4) is 0 Å². The SMILES string of the molecule is CN(C)S(=O)(=O)NCC1NCCCC1(C)C.Cl. The maximum atomic E-state index is 11.6. The van der Waals surface area contributed by atoms with E-state index < -0.39 is 10.2 Å². The van der Waals surface area contributed by atoms with Gasteiger partial charge in [-0.2, -0.15) is 12.7 Å². The average Bonchev–Trinajstić information content (AvgIpc) is 2.15. The molecule has 1 saturated heterocycles. The van der Waals surface area contributed by atoms with Gasteiger partial charge in [-0.15, -0.1) is 12.4 Å². The third-order valence-electron chi connectivity index (χ3n) is 3.28. The molecule has 0 aromatic rings. The molecule has 0 aromatic carbocycles. The molecule has 0 aromatic heterocycles. The van der Waals surface area contributed by atoms with Crippen molar-refractivity contribution in [1.82, 2.24) is 14.3 Å². The second-order valence-electron chi connectivity index (χ2n) is 5.23. The second kappa shape index (κ2) is 6.33. The number of halogens is 1. The summed E-state index contributed by atoms with van der Waals surface area (Å²) in [5.41, 5.74) is 0.146. The van der Waals surface area contributed by atoms with Gasteiger partial charge in [0.2, 0.25) is 0 Å². The molecule has 1 fully saturated rings. The maximum absolute atomic E-state index is 11.6. The quantitative estimate of drug-likeness (QED) is 0.794. The lowest BCUT2D eigenvalue weighted by Crippen LogP contribution is -2.53. The smallest absolute Gasteiger partial charge is 0.278 e. The molecular weight excluding hydrogens is 262 g/mol. The summed E-state index contributed by atoms with van der Waals surface area (Å²) in [6, 6.07) is 0.205. The van der Waals surface area contributed by atoms with Crippen molar-refractivity contribution in [3.8, 4) is 0 Å². The largest absolute Gasteiger partial charge is 0.312 e. The summed E-state index contributed by atoms with van der Waals surface area (Å²) in [5.74, 6) is 0. The van der Waals surface area contributed by atoms with Gasteiger partial charge in [0.1, 0.15) is 0 Å². The van der Waals surface area contributed by atoms with Gasteiger partial charge in [-0.25, -0.2) is 4.72 Å². The average molecular weight is 286 g/mol. The molecule has 0 radical (unpaired) electrons. The molecule has 1 heterocycles. The molecular formula is C10H24ClN3O2S. The first-order valence-corrected chi connectivity index (χ1v) is 7.10. The van der Waals surface area contributed by atoms with Crippen LogP contribution in [0.1, 0.15) is 26.7 Å². The van der Waals surface area contributed by atoms with Gasteiger partial charge >= 0.3 is 0 Å². The topological polar surface area (TPSA) is 61.4 Å². The highest BCUT2D eigenvalue weighted by atomic mass is 35.5. The van der Waals surface area contributed by atoms with Gasteiger partial charge in [0.25, 0.3) is 10.2 Å². The highest BCUT2D eigenvalue weighted by Crippen LogP contribution is 2.29. The van der Waals surface area contributed by atoms with E-state index in [-0.39, 0.29) is 23.9 Å². The zero-order valence-corrected chi connectivity index (χ0v) is 12.6. The molecule has 0 spiro atoms. The molecule has 1 rings (SSSR count). The fourth-order valence-corrected chi connectivity index (χ4v) is 2.57. The van der Waals surface area contributed by atoms with Crippen molar-refractivity contribution >= 4 is 22.6 Å². The van der Waals surface area contributed by atoms with Gasteiger partial charge in [-0.3, -0.25) is 0 Å². The van der Waals surface area contributed by atoms with Crippen LogP contribution >= 0.6 is 12.4 Å². The van der Waals surface area contributed by atoms with Gasteiger partial charge in [0.05, 0.1) is 0 Å². The first kappa shape index (κ1) is 17.1. The van der Waals surface area contributed by atoms with Crippen molar-refractivity contribution in [3.05, 3.63) is 0 Å². The first-order chi connectivity index (χ1) is 7.26. The van der Waals surface area contributed by atoms with E-state index in [1.165, 1.54) is 18.4 Å². The molecule has 0 bridgehead atoms. The molecule has 0 amide bonds. The number of nitrogens with zero attached hydrogens (tertiary/aromatic N) is 1. The van der Waals surface area contributed by atoms with Crippen molar-refractivity contribution in [2.45, 2.75) is 32.7 Å². The zero-order valence-electron chi connectivity index (χ0n) is 11.0. The molecule has 0 saturated carbocycles. The number of nitrogens with one attached hydrogen (secondary N) is 2. The standard InChI is InChI=1S/C10H23N3O2S.ClH/c1-10(2)6-5-7-11-9(10)8-12-16(14,15)13(3)4;/h9,11-12H,5-8H2,1-4H3;1H. The zero-order chi connectivity index (χ0) is 12.4. The van der Waals surface area contributed by atoms with Gasteiger partial charge in [0.15, 0.2) is 0 Å². The second-order valence-corrected chi connectivity index (χ2v) is 7.20. The minimum Gasteiger partial charge on any atom is -0.312 e. The van der Waals surface area contributed by atoms with E-state index in [9.17, 15) is 8.42 Å². The number of hydrogen-bond acceptors (Lipinski definition) is 3. The number of piperidine rings is 1. The summed E-state index contributed by atoms with van der Waals surface area (Å²) in [4.78, 5) is 0. The Hall–Kier alpha value is 0.120. The first-order valence-electron chi connectivity index (χ1n) is 5.66. The van der Waals surface area contributed by atoms with Crippen LogP contribution < -0.4 is 10.0 Å². The Kier molecular flexibility index (Phi) is 6.38. The molecule has 5 nitrogen and oxygen atoms in total. The Morgan fingerprint density at radius 2 is 2.00 bits per heavy atom.